The second-order valence-electron chi connectivity index (χ2n) is 10.2. The second kappa shape index (κ2) is 11.2. The second-order valence-corrected chi connectivity index (χ2v) is 10.2. The molecule has 5 heteroatoms. The molecule has 1 atom stereocenters. The molecule has 3 aromatic carbocycles. The highest BCUT2D eigenvalue weighted by Crippen LogP contribution is 2.51. The van der Waals surface area contributed by atoms with Crippen LogP contribution in [0.5, 0.6) is 11.5 Å². The van der Waals surface area contributed by atoms with E-state index in [9.17, 15) is 4.79 Å². The third-order valence-corrected chi connectivity index (χ3v) is 7.26. The van der Waals surface area contributed by atoms with Crippen LogP contribution in [0.4, 0.5) is 4.39 Å². The van der Waals surface area contributed by atoms with E-state index in [0.717, 1.165) is 41.5 Å². The lowest BCUT2D eigenvalue weighted by molar-refractivity contribution is -0.136. The molecule has 1 saturated carbocycles. The zero-order valence-corrected chi connectivity index (χ0v) is 21.4. The minimum Gasteiger partial charge on any atom is -0.494 e. The molecule has 190 valence electrons. The van der Waals surface area contributed by atoms with Crippen molar-refractivity contribution in [3.63, 3.8) is 0 Å². The zero-order valence-electron chi connectivity index (χ0n) is 21.4. The molecule has 4 rings (SSSR count). The summed E-state index contributed by atoms with van der Waals surface area (Å²) in [5.74, 6) is 0.583. The number of carboxylic acids is 1. The smallest absolute Gasteiger partial charge is 0.303 e. The molecule has 0 aromatic heterocycles. The molecule has 36 heavy (non-hydrogen) atoms. The van der Waals surface area contributed by atoms with E-state index in [1.165, 1.54) is 6.07 Å². The van der Waals surface area contributed by atoms with Gasteiger partial charge in [-0.05, 0) is 84.0 Å². The Balaban J connectivity index is 1.67. The van der Waals surface area contributed by atoms with Crippen LogP contribution in [0, 0.1) is 11.2 Å². The van der Waals surface area contributed by atoms with Crippen molar-refractivity contribution < 1.29 is 23.8 Å². The molecule has 1 N–H and O–H groups in total. The van der Waals surface area contributed by atoms with Gasteiger partial charge >= 0.3 is 5.97 Å². The first kappa shape index (κ1) is 25.7. The number of halogens is 1. The number of para-hydroxylation sites is 1. The highest BCUT2D eigenvalue weighted by atomic mass is 19.1. The molecule has 4 nitrogen and oxygen atoms in total. The Hall–Kier alpha value is -3.34. The molecule has 0 radical (unpaired) electrons. The molecule has 1 aliphatic carbocycles. The molecular formula is C31H35FO4. The van der Waals surface area contributed by atoms with Crippen LogP contribution in [0.3, 0.4) is 0 Å². The summed E-state index contributed by atoms with van der Waals surface area (Å²) in [5, 5.41) is 9.06. The van der Waals surface area contributed by atoms with Crippen molar-refractivity contribution in [3.05, 3.63) is 83.2 Å². The number of carboxylic acid groups (broad SMARTS) is 1. The highest BCUT2D eigenvalue weighted by Gasteiger charge is 2.37. The number of hydrogen-bond acceptors (Lipinski definition) is 3. The van der Waals surface area contributed by atoms with Gasteiger partial charge in [0.25, 0.3) is 0 Å². The van der Waals surface area contributed by atoms with E-state index in [2.05, 4.69) is 19.9 Å². The first-order chi connectivity index (χ1) is 17.3. The van der Waals surface area contributed by atoms with Crippen molar-refractivity contribution in [2.45, 2.75) is 65.4 Å². The van der Waals surface area contributed by atoms with E-state index >= 15 is 4.39 Å². The van der Waals surface area contributed by atoms with Gasteiger partial charge < -0.3 is 14.6 Å². The predicted octanol–water partition coefficient (Wildman–Crippen LogP) is 7.78. The van der Waals surface area contributed by atoms with Crippen LogP contribution < -0.4 is 9.47 Å². The minimum absolute atomic E-state index is 0.0579. The van der Waals surface area contributed by atoms with Gasteiger partial charge in [0.1, 0.15) is 23.9 Å². The number of ether oxygens (including phenoxy) is 2. The molecule has 0 amide bonds. The summed E-state index contributed by atoms with van der Waals surface area (Å²) in [6, 6.07) is 18.7. The van der Waals surface area contributed by atoms with Crippen LogP contribution >= 0.6 is 0 Å². The Bertz CT molecular complexity index is 1220. The van der Waals surface area contributed by atoms with Crippen LogP contribution in [-0.4, -0.2) is 17.7 Å². The first-order valence-corrected chi connectivity index (χ1v) is 12.8. The van der Waals surface area contributed by atoms with E-state index in [-0.39, 0.29) is 17.7 Å². The van der Waals surface area contributed by atoms with E-state index in [4.69, 9.17) is 14.6 Å². The monoisotopic (exact) mass is 490 g/mol. The van der Waals surface area contributed by atoms with E-state index in [1.54, 1.807) is 12.1 Å². The number of aliphatic carboxylic acids is 1. The lowest BCUT2D eigenvalue weighted by Gasteiger charge is -2.30. The van der Waals surface area contributed by atoms with Crippen LogP contribution in [0.1, 0.15) is 69.1 Å². The summed E-state index contributed by atoms with van der Waals surface area (Å²) < 4.78 is 26.9. The van der Waals surface area contributed by atoms with Crippen molar-refractivity contribution in [1.82, 2.24) is 0 Å². The van der Waals surface area contributed by atoms with Crippen molar-refractivity contribution in [2.75, 3.05) is 6.61 Å². The topological polar surface area (TPSA) is 55.8 Å². The van der Waals surface area contributed by atoms with Crippen LogP contribution in [0.2, 0.25) is 0 Å². The fourth-order valence-corrected chi connectivity index (χ4v) is 5.36. The Kier molecular flexibility index (Phi) is 7.97. The maximum absolute atomic E-state index is 15.1. The summed E-state index contributed by atoms with van der Waals surface area (Å²) in [6.45, 7) is 7.39. The summed E-state index contributed by atoms with van der Waals surface area (Å²) in [4.78, 5) is 11.0. The average Bonchev–Trinajstić information content (AvgIpc) is 3.22. The average molecular weight is 491 g/mol. The van der Waals surface area contributed by atoms with Crippen molar-refractivity contribution in [3.8, 4) is 22.6 Å². The Morgan fingerprint density at radius 1 is 1.06 bits per heavy atom. The largest absolute Gasteiger partial charge is 0.494 e. The number of benzene rings is 3. The van der Waals surface area contributed by atoms with Crippen LogP contribution in [-0.2, 0) is 17.8 Å². The Labute approximate surface area is 213 Å². The summed E-state index contributed by atoms with van der Waals surface area (Å²) >= 11 is 0. The molecule has 0 aliphatic heterocycles. The molecule has 0 bridgehead atoms. The van der Waals surface area contributed by atoms with Gasteiger partial charge in [-0.1, -0.05) is 56.7 Å². The lowest BCUT2D eigenvalue weighted by Crippen LogP contribution is -2.17. The fraction of sp³-hybridized carbons (Fsp3) is 0.387. The van der Waals surface area contributed by atoms with E-state index in [0.29, 0.717) is 42.6 Å². The third kappa shape index (κ3) is 5.89. The predicted molar refractivity (Wildman–Crippen MR) is 140 cm³/mol. The SMILES string of the molecule is CCOc1ccc(F)c(-c2ccc(COc3ccccc3CCC(=O)O)cc2[C@H]2CCCC2(C)C)c1. The highest BCUT2D eigenvalue weighted by molar-refractivity contribution is 5.71. The minimum atomic E-state index is -0.829. The Morgan fingerprint density at radius 3 is 2.58 bits per heavy atom. The van der Waals surface area contributed by atoms with Gasteiger partial charge in [-0.2, -0.15) is 0 Å². The van der Waals surface area contributed by atoms with Gasteiger partial charge in [-0.15, -0.1) is 0 Å². The maximum atomic E-state index is 15.1. The molecule has 3 aromatic rings. The summed E-state index contributed by atoms with van der Waals surface area (Å²) in [5.41, 5.74) is 4.61. The lowest BCUT2D eigenvalue weighted by atomic mass is 9.75. The summed E-state index contributed by atoms with van der Waals surface area (Å²) in [7, 11) is 0. The number of rotatable bonds is 10. The molecule has 0 spiro atoms. The Morgan fingerprint density at radius 2 is 1.86 bits per heavy atom. The van der Waals surface area contributed by atoms with Crippen molar-refractivity contribution in [2.24, 2.45) is 5.41 Å². The van der Waals surface area contributed by atoms with Crippen LogP contribution in [0.25, 0.3) is 11.1 Å². The van der Waals surface area contributed by atoms with E-state index in [1.807, 2.05) is 43.3 Å². The van der Waals surface area contributed by atoms with Crippen molar-refractivity contribution >= 4 is 5.97 Å². The molecule has 1 fully saturated rings. The van der Waals surface area contributed by atoms with Gasteiger partial charge in [0.05, 0.1) is 6.61 Å². The molecule has 0 unspecified atom stereocenters. The molecular weight excluding hydrogens is 455 g/mol. The number of hydrogen-bond donors (Lipinski definition) is 1. The molecule has 1 aliphatic rings. The standard InChI is InChI=1S/C31H35FO4/c1-4-35-23-13-15-28(32)26(19-23)24-14-11-21(18-25(24)27-9-7-17-31(27,2)3)20-36-29-10-6-5-8-22(29)12-16-30(33)34/h5-6,8,10-11,13-15,18-19,27H,4,7,9,12,16-17,20H2,1-3H3,(H,33,34)/t27-/m1/s1. The maximum Gasteiger partial charge on any atom is 0.303 e. The van der Waals surface area contributed by atoms with Crippen LogP contribution in [0.15, 0.2) is 60.7 Å². The molecule has 0 saturated heterocycles. The van der Waals surface area contributed by atoms with E-state index < -0.39 is 5.97 Å². The summed E-state index contributed by atoms with van der Waals surface area (Å²) in [6.07, 6.45) is 3.82. The van der Waals surface area contributed by atoms with Gasteiger partial charge in [-0.25, -0.2) is 4.39 Å². The number of carbonyl (C=O) groups is 1. The van der Waals surface area contributed by atoms with Crippen molar-refractivity contribution in [1.29, 1.82) is 0 Å². The quantitative estimate of drug-likeness (QED) is 0.315. The van der Waals surface area contributed by atoms with Gasteiger partial charge in [0.2, 0.25) is 0 Å². The fourth-order valence-electron chi connectivity index (χ4n) is 5.36. The first-order valence-electron chi connectivity index (χ1n) is 12.8. The van der Waals surface area contributed by atoms with Gasteiger partial charge in [0.15, 0.2) is 0 Å². The third-order valence-electron chi connectivity index (χ3n) is 7.26. The molecule has 0 heterocycles. The van der Waals surface area contributed by atoms with Gasteiger partial charge in [-0.3, -0.25) is 4.79 Å². The zero-order chi connectivity index (χ0) is 25.7. The van der Waals surface area contributed by atoms with Gasteiger partial charge in [0, 0.05) is 12.0 Å². The normalized spacial score (nSPS) is 16.6. The number of aryl methyl sites for hydroxylation is 1.